The van der Waals surface area contributed by atoms with E-state index in [4.69, 9.17) is 0 Å². The lowest BCUT2D eigenvalue weighted by Crippen LogP contribution is -2.32. The molecule has 0 saturated heterocycles. The summed E-state index contributed by atoms with van der Waals surface area (Å²) in [5.41, 5.74) is 2.29. The highest BCUT2D eigenvalue weighted by Crippen LogP contribution is 2.17. The zero-order valence-corrected chi connectivity index (χ0v) is 20.0. The highest BCUT2D eigenvalue weighted by Gasteiger charge is 2.17. The van der Waals surface area contributed by atoms with Gasteiger partial charge in [0.05, 0.1) is 10.2 Å². The second-order valence-electron chi connectivity index (χ2n) is 8.16. The first-order valence-corrected chi connectivity index (χ1v) is 11.8. The standard InChI is InChI=1S/C28H22FN3O2S/c1-18(2)20-10-14-22(15-11-20)31-26(33)24(17-30)28-32(23-6-4-3-5-7-23)27(34)25(35-28)16-19-8-12-21(29)13-9-19/h3-16,18H,1-2H3,(H,31,33)/b25-16+,28-24+. The molecule has 3 aromatic carbocycles. The van der Waals surface area contributed by atoms with Crippen LogP contribution < -0.4 is 20.1 Å². The molecule has 5 nitrogen and oxygen atoms in total. The Morgan fingerprint density at radius 2 is 1.69 bits per heavy atom. The van der Waals surface area contributed by atoms with E-state index in [-0.39, 0.29) is 21.6 Å². The monoisotopic (exact) mass is 483 g/mol. The van der Waals surface area contributed by atoms with E-state index in [1.54, 1.807) is 54.6 Å². The Hall–Kier alpha value is -4.28. The van der Waals surface area contributed by atoms with Crippen LogP contribution in [-0.2, 0) is 4.79 Å². The van der Waals surface area contributed by atoms with Gasteiger partial charge in [-0.3, -0.25) is 14.2 Å². The Labute approximate surface area is 205 Å². The number of para-hydroxylation sites is 1. The number of rotatable bonds is 5. The van der Waals surface area contributed by atoms with Crippen LogP contribution in [0.15, 0.2) is 83.7 Å². The number of benzene rings is 3. The third kappa shape index (κ3) is 5.29. The molecule has 0 atom stereocenters. The van der Waals surface area contributed by atoms with Crippen LogP contribution in [-0.4, -0.2) is 10.5 Å². The van der Waals surface area contributed by atoms with Crippen LogP contribution in [0.1, 0.15) is 30.9 Å². The van der Waals surface area contributed by atoms with Crippen molar-refractivity contribution >= 4 is 34.6 Å². The predicted octanol–water partition coefficient (Wildman–Crippen LogP) is 4.30. The van der Waals surface area contributed by atoms with Gasteiger partial charge < -0.3 is 5.32 Å². The Balaban J connectivity index is 1.87. The van der Waals surface area contributed by atoms with E-state index in [1.165, 1.54) is 16.7 Å². The summed E-state index contributed by atoms with van der Waals surface area (Å²) in [6.07, 6.45) is 1.62. The molecule has 174 valence electrons. The first-order chi connectivity index (χ1) is 16.9. The molecular formula is C28H22FN3O2S. The number of anilines is 1. The van der Waals surface area contributed by atoms with E-state index in [1.807, 2.05) is 24.3 Å². The van der Waals surface area contributed by atoms with E-state index in [0.29, 0.717) is 27.4 Å². The fraction of sp³-hybridized carbons (Fsp3) is 0.107. The van der Waals surface area contributed by atoms with Crippen molar-refractivity contribution in [2.75, 3.05) is 5.32 Å². The highest BCUT2D eigenvalue weighted by atomic mass is 32.1. The maximum absolute atomic E-state index is 13.4. The Morgan fingerprint density at radius 3 is 2.29 bits per heavy atom. The van der Waals surface area contributed by atoms with Crippen molar-refractivity contribution in [2.45, 2.75) is 19.8 Å². The third-order valence-corrected chi connectivity index (χ3v) is 6.49. The van der Waals surface area contributed by atoms with Gasteiger partial charge in [0, 0.05) is 5.69 Å². The number of halogens is 1. The summed E-state index contributed by atoms with van der Waals surface area (Å²) in [4.78, 5) is 26.5. The van der Waals surface area contributed by atoms with E-state index in [2.05, 4.69) is 19.2 Å². The lowest BCUT2D eigenvalue weighted by atomic mass is 10.0. The zero-order chi connectivity index (χ0) is 24.9. The first-order valence-electron chi connectivity index (χ1n) is 11.0. The molecule has 1 amide bonds. The molecule has 4 aromatic rings. The summed E-state index contributed by atoms with van der Waals surface area (Å²) in [6, 6.07) is 24.0. The first kappa shape index (κ1) is 23.9. The molecule has 0 aliphatic heterocycles. The van der Waals surface area contributed by atoms with Gasteiger partial charge in [-0.2, -0.15) is 5.26 Å². The van der Waals surface area contributed by atoms with Gasteiger partial charge in [0.25, 0.3) is 11.5 Å². The Morgan fingerprint density at radius 1 is 1.03 bits per heavy atom. The Kier molecular flexibility index (Phi) is 7.04. The number of hydrogen-bond donors (Lipinski definition) is 1. The van der Waals surface area contributed by atoms with Crippen molar-refractivity contribution in [1.82, 2.24) is 4.57 Å². The summed E-state index contributed by atoms with van der Waals surface area (Å²) < 4.78 is 15.2. The molecule has 35 heavy (non-hydrogen) atoms. The molecule has 0 fully saturated rings. The topological polar surface area (TPSA) is 74.9 Å². The van der Waals surface area contributed by atoms with Crippen LogP contribution in [0.3, 0.4) is 0 Å². The van der Waals surface area contributed by atoms with E-state index < -0.39 is 5.91 Å². The summed E-state index contributed by atoms with van der Waals surface area (Å²) in [6.45, 7) is 4.16. The zero-order valence-electron chi connectivity index (χ0n) is 19.2. The number of carbonyl (C=O) groups is 1. The number of nitriles is 1. The van der Waals surface area contributed by atoms with Crippen molar-refractivity contribution < 1.29 is 9.18 Å². The summed E-state index contributed by atoms with van der Waals surface area (Å²) >= 11 is 1.04. The van der Waals surface area contributed by atoms with Gasteiger partial charge in [-0.15, -0.1) is 11.3 Å². The fourth-order valence-electron chi connectivity index (χ4n) is 3.51. The lowest BCUT2D eigenvalue weighted by molar-refractivity contribution is -0.111. The maximum Gasteiger partial charge on any atom is 0.273 e. The van der Waals surface area contributed by atoms with Crippen molar-refractivity contribution in [2.24, 2.45) is 0 Å². The van der Waals surface area contributed by atoms with E-state index >= 15 is 0 Å². The minimum atomic E-state index is -0.607. The number of amides is 1. The molecule has 0 unspecified atom stereocenters. The third-order valence-electron chi connectivity index (χ3n) is 5.39. The second-order valence-corrected chi connectivity index (χ2v) is 9.19. The average Bonchev–Trinajstić information content (AvgIpc) is 3.17. The summed E-state index contributed by atoms with van der Waals surface area (Å²) in [5.74, 6) is -0.638. The molecule has 4 rings (SSSR count). The summed E-state index contributed by atoms with van der Waals surface area (Å²) in [5, 5.41) is 12.7. The van der Waals surface area contributed by atoms with Crippen LogP contribution in [0.25, 0.3) is 17.3 Å². The number of aromatic nitrogens is 1. The van der Waals surface area contributed by atoms with Gasteiger partial charge in [-0.25, -0.2) is 4.39 Å². The SMILES string of the molecule is CC(C)c1ccc(NC(=O)/C(C#N)=c2/s/c(=C/c3ccc(F)cc3)c(=O)n2-c2ccccc2)cc1. The molecule has 0 saturated carbocycles. The minimum Gasteiger partial charge on any atom is -0.321 e. The molecular weight excluding hydrogens is 461 g/mol. The molecule has 0 aliphatic rings. The van der Waals surface area contributed by atoms with Gasteiger partial charge in [0.2, 0.25) is 0 Å². The largest absolute Gasteiger partial charge is 0.321 e. The predicted molar refractivity (Wildman–Crippen MR) is 137 cm³/mol. The van der Waals surface area contributed by atoms with Crippen LogP contribution in [0.5, 0.6) is 0 Å². The normalized spacial score (nSPS) is 12.4. The van der Waals surface area contributed by atoms with Gasteiger partial charge in [0.15, 0.2) is 5.57 Å². The molecule has 0 spiro atoms. The number of hydrogen-bond acceptors (Lipinski definition) is 4. The van der Waals surface area contributed by atoms with Gasteiger partial charge in [-0.05, 0) is 59.5 Å². The van der Waals surface area contributed by atoms with Crippen LogP contribution in [0, 0.1) is 17.1 Å². The number of carbonyl (C=O) groups excluding carboxylic acids is 1. The van der Waals surface area contributed by atoms with Crippen LogP contribution in [0.4, 0.5) is 10.1 Å². The minimum absolute atomic E-state index is 0.178. The van der Waals surface area contributed by atoms with Crippen molar-refractivity contribution in [3.8, 4) is 11.8 Å². The molecule has 7 heteroatoms. The number of nitrogens with zero attached hydrogens (tertiary/aromatic N) is 2. The molecule has 1 heterocycles. The highest BCUT2D eigenvalue weighted by molar-refractivity contribution is 7.07. The molecule has 1 N–H and O–H groups in total. The van der Waals surface area contributed by atoms with Crippen molar-refractivity contribution in [1.29, 1.82) is 5.26 Å². The molecule has 0 aliphatic carbocycles. The lowest BCUT2D eigenvalue weighted by Gasteiger charge is -2.08. The Bertz CT molecular complexity index is 1580. The maximum atomic E-state index is 13.4. The van der Waals surface area contributed by atoms with E-state index in [9.17, 15) is 19.2 Å². The van der Waals surface area contributed by atoms with Gasteiger partial charge >= 0.3 is 0 Å². The molecule has 1 aromatic heterocycles. The quantitative estimate of drug-likeness (QED) is 0.460. The fourth-order valence-corrected chi connectivity index (χ4v) is 4.61. The molecule has 0 bridgehead atoms. The number of nitrogens with one attached hydrogen (secondary N) is 1. The van der Waals surface area contributed by atoms with Crippen LogP contribution in [0.2, 0.25) is 0 Å². The van der Waals surface area contributed by atoms with Gasteiger partial charge in [-0.1, -0.05) is 56.3 Å². The van der Waals surface area contributed by atoms with Crippen LogP contribution >= 0.6 is 11.3 Å². The smallest absolute Gasteiger partial charge is 0.273 e. The van der Waals surface area contributed by atoms with E-state index in [0.717, 1.165) is 16.9 Å². The number of thiazole rings is 1. The average molecular weight is 484 g/mol. The van der Waals surface area contributed by atoms with Crippen molar-refractivity contribution in [3.63, 3.8) is 0 Å². The van der Waals surface area contributed by atoms with Gasteiger partial charge in [0.1, 0.15) is 16.5 Å². The van der Waals surface area contributed by atoms with Crippen molar-refractivity contribution in [3.05, 3.63) is 115 Å². The summed E-state index contributed by atoms with van der Waals surface area (Å²) in [7, 11) is 0. The second kappa shape index (κ2) is 10.3. The molecule has 0 radical (unpaired) electrons.